The van der Waals surface area contributed by atoms with Crippen LogP contribution in [0.15, 0.2) is 24.8 Å². The molecule has 0 unspecified atom stereocenters. The lowest BCUT2D eigenvalue weighted by molar-refractivity contribution is 0.239. The molecule has 3 rings (SSSR count). The SMILES string of the molecule is CCn1ccnc1CN1CCC[C@@H]1c1cnn(C)c1. The van der Waals surface area contributed by atoms with Gasteiger partial charge in [0, 0.05) is 43.8 Å². The Bertz CT molecular complexity index is 542. The number of hydrogen-bond acceptors (Lipinski definition) is 3. The molecule has 102 valence electrons. The average Bonchev–Trinajstić information content (AvgIpc) is 3.10. The first-order chi connectivity index (χ1) is 9.28. The molecule has 1 aliphatic rings. The topological polar surface area (TPSA) is 38.9 Å². The van der Waals surface area contributed by atoms with Crippen LogP contribution in [-0.2, 0) is 20.1 Å². The van der Waals surface area contributed by atoms with E-state index in [1.165, 1.54) is 24.2 Å². The van der Waals surface area contributed by atoms with Crippen LogP contribution in [0.3, 0.4) is 0 Å². The summed E-state index contributed by atoms with van der Waals surface area (Å²) in [5.41, 5.74) is 1.33. The molecule has 0 saturated carbocycles. The highest BCUT2D eigenvalue weighted by atomic mass is 15.3. The van der Waals surface area contributed by atoms with E-state index >= 15 is 0 Å². The highest BCUT2D eigenvalue weighted by Crippen LogP contribution is 2.32. The average molecular weight is 259 g/mol. The predicted molar refractivity (Wildman–Crippen MR) is 73.5 cm³/mol. The molecule has 3 heterocycles. The molecule has 19 heavy (non-hydrogen) atoms. The molecule has 1 fully saturated rings. The Labute approximate surface area is 113 Å². The van der Waals surface area contributed by atoms with Crippen LogP contribution in [0.5, 0.6) is 0 Å². The maximum atomic E-state index is 4.48. The Morgan fingerprint density at radius 2 is 2.32 bits per heavy atom. The van der Waals surface area contributed by atoms with Gasteiger partial charge in [0.25, 0.3) is 0 Å². The van der Waals surface area contributed by atoms with Gasteiger partial charge in [-0.2, -0.15) is 5.10 Å². The Hall–Kier alpha value is -1.62. The zero-order chi connectivity index (χ0) is 13.2. The first-order valence-corrected chi connectivity index (χ1v) is 7.00. The minimum Gasteiger partial charge on any atom is -0.334 e. The number of imidazole rings is 1. The Balaban J connectivity index is 1.76. The summed E-state index contributed by atoms with van der Waals surface area (Å²) in [4.78, 5) is 7.00. The van der Waals surface area contributed by atoms with Crippen molar-refractivity contribution in [2.75, 3.05) is 6.54 Å². The standard InChI is InChI=1S/C14H21N5/c1-3-18-8-6-15-14(18)11-19-7-4-5-13(19)12-9-16-17(2)10-12/h6,8-10,13H,3-5,7,11H2,1-2H3/t13-/m1/s1. The number of likely N-dealkylation sites (tertiary alicyclic amines) is 1. The lowest BCUT2D eigenvalue weighted by Gasteiger charge is -2.23. The highest BCUT2D eigenvalue weighted by molar-refractivity contribution is 5.12. The molecule has 5 heteroatoms. The van der Waals surface area contributed by atoms with Gasteiger partial charge in [0.1, 0.15) is 5.82 Å². The molecule has 0 radical (unpaired) electrons. The van der Waals surface area contributed by atoms with Gasteiger partial charge in [0.05, 0.1) is 12.7 Å². The molecule has 5 nitrogen and oxygen atoms in total. The Morgan fingerprint density at radius 1 is 1.42 bits per heavy atom. The smallest absolute Gasteiger partial charge is 0.122 e. The molecule has 0 spiro atoms. The summed E-state index contributed by atoms with van der Waals surface area (Å²) in [5.74, 6) is 1.17. The molecule has 0 amide bonds. The fourth-order valence-electron chi connectivity index (χ4n) is 2.97. The molecule has 2 aromatic rings. The van der Waals surface area contributed by atoms with E-state index in [0.717, 1.165) is 19.6 Å². The lowest BCUT2D eigenvalue weighted by atomic mass is 10.1. The van der Waals surface area contributed by atoms with Crippen molar-refractivity contribution in [2.24, 2.45) is 7.05 Å². The van der Waals surface area contributed by atoms with Crippen LogP contribution in [0.25, 0.3) is 0 Å². The van der Waals surface area contributed by atoms with Crippen LogP contribution in [0.4, 0.5) is 0 Å². The summed E-state index contributed by atoms with van der Waals surface area (Å²) in [6, 6.07) is 0.496. The van der Waals surface area contributed by atoms with Crippen molar-refractivity contribution in [2.45, 2.75) is 38.9 Å². The van der Waals surface area contributed by atoms with E-state index in [-0.39, 0.29) is 0 Å². The van der Waals surface area contributed by atoms with Crippen molar-refractivity contribution >= 4 is 0 Å². The van der Waals surface area contributed by atoms with Crippen molar-refractivity contribution in [3.05, 3.63) is 36.2 Å². The number of aryl methyl sites for hydroxylation is 2. The van der Waals surface area contributed by atoms with E-state index in [2.05, 4.69) is 38.9 Å². The summed E-state index contributed by atoms with van der Waals surface area (Å²) < 4.78 is 4.11. The summed E-state index contributed by atoms with van der Waals surface area (Å²) in [5, 5.41) is 4.30. The molecule has 0 N–H and O–H groups in total. The number of rotatable bonds is 4. The Kier molecular flexibility index (Phi) is 3.38. The third kappa shape index (κ3) is 2.42. The summed E-state index contributed by atoms with van der Waals surface area (Å²) in [7, 11) is 1.98. The minimum atomic E-state index is 0.496. The van der Waals surface area contributed by atoms with Crippen LogP contribution in [0.1, 0.15) is 37.2 Å². The van der Waals surface area contributed by atoms with E-state index in [1.54, 1.807) is 0 Å². The molecule has 0 bridgehead atoms. The first-order valence-electron chi connectivity index (χ1n) is 7.00. The van der Waals surface area contributed by atoms with Crippen molar-refractivity contribution in [3.63, 3.8) is 0 Å². The van der Waals surface area contributed by atoms with Crippen LogP contribution in [0.2, 0.25) is 0 Å². The molecule has 0 aromatic carbocycles. The second-order valence-electron chi connectivity index (χ2n) is 5.21. The molecule has 1 atom stereocenters. The second kappa shape index (κ2) is 5.17. The van der Waals surface area contributed by atoms with Gasteiger partial charge in [-0.3, -0.25) is 9.58 Å². The minimum absolute atomic E-state index is 0.496. The van der Waals surface area contributed by atoms with Gasteiger partial charge in [-0.05, 0) is 26.3 Å². The van der Waals surface area contributed by atoms with Gasteiger partial charge in [0.15, 0.2) is 0 Å². The number of hydrogen-bond donors (Lipinski definition) is 0. The third-order valence-electron chi connectivity index (χ3n) is 3.96. The maximum absolute atomic E-state index is 4.48. The summed E-state index contributed by atoms with van der Waals surface area (Å²) in [6.07, 6.45) is 10.6. The van der Waals surface area contributed by atoms with E-state index in [4.69, 9.17) is 0 Å². The van der Waals surface area contributed by atoms with Gasteiger partial charge >= 0.3 is 0 Å². The molecule has 1 aliphatic heterocycles. The third-order valence-corrected chi connectivity index (χ3v) is 3.96. The summed E-state index contributed by atoms with van der Waals surface area (Å²) >= 11 is 0. The van der Waals surface area contributed by atoms with Gasteiger partial charge in [-0.1, -0.05) is 0 Å². The maximum Gasteiger partial charge on any atom is 0.122 e. The largest absolute Gasteiger partial charge is 0.334 e. The quantitative estimate of drug-likeness (QED) is 0.842. The van der Waals surface area contributed by atoms with Crippen molar-refractivity contribution in [3.8, 4) is 0 Å². The number of nitrogens with zero attached hydrogens (tertiary/aromatic N) is 5. The molecule has 0 aliphatic carbocycles. The van der Waals surface area contributed by atoms with Crippen molar-refractivity contribution in [1.29, 1.82) is 0 Å². The second-order valence-corrected chi connectivity index (χ2v) is 5.21. The van der Waals surface area contributed by atoms with Gasteiger partial charge in [-0.15, -0.1) is 0 Å². The summed E-state index contributed by atoms with van der Waals surface area (Å²) in [6.45, 7) is 5.23. The molecular weight excluding hydrogens is 238 g/mol. The normalized spacial score (nSPS) is 20.2. The predicted octanol–water partition coefficient (Wildman–Crippen LogP) is 1.97. The van der Waals surface area contributed by atoms with E-state index in [1.807, 2.05) is 24.1 Å². The van der Waals surface area contributed by atoms with E-state index < -0.39 is 0 Å². The Morgan fingerprint density at radius 3 is 3.05 bits per heavy atom. The van der Waals surface area contributed by atoms with Gasteiger partial charge in [-0.25, -0.2) is 4.98 Å². The van der Waals surface area contributed by atoms with Crippen LogP contribution < -0.4 is 0 Å². The van der Waals surface area contributed by atoms with E-state index in [9.17, 15) is 0 Å². The fraction of sp³-hybridized carbons (Fsp3) is 0.571. The lowest BCUT2D eigenvalue weighted by Crippen LogP contribution is -2.24. The molecule has 1 saturated heterocycles. The highest BCUT2D eigenvalue weighted by Gasteiger charge is 2.27. The van der Waals surface area contributed by atoms with E-state index in [0.29, 0.717) is 6.04 Å². The van der Waals surface area contributed by atoms with Crippen LogP contribution in [0, 0.1) is 0 Å². The first kappa shape index (κ1) is 12.4. The van der Waals surface area contributed by atoms with Crippen molar-refractivity contribution < 1.29 is 0 Å². The number of aromatic nitrogens is 4. The zero-order valence-corrected chi connectivity index (χ0v) is 11.7. The zero-order valence-electron chi connectivity index (χ0n) is 11.7. The molecular formula is C14H21N5. The van der Waals surface area contributed by atoms with Crippen LogP contribution >= 0.6 is 0 Å². The van der Waals surface area contributed by atoms with Gasteiger partial charge < -0.3 is 4.57 Å². The van der Waals surface area contributed by atoms with Crippen LogP contribution in [-0.4, -0.2) is 30.8 Å². The monoisotopic (exact) mass is 259 g/mol. The van der Waals surface area contributed by atoms with Crippen molar-refractivity contribution in [1.82, 2.24) is 24.2 Å². The fourth-order valence-corrected chi connectivity index (χ4v) is 2.97. The molecule has 2 aromatic heterocycles. The van der Waals surface area contributed by atoms with Gasteiger partial charge in [0.2, 0.25) is 0 Å².